The molecule has 0 amide bonds. The van der Waals surface area contributed by atoms with Crippen LogP contribution in [0.2, 0.25) is 0 Å². The van der Waals surface area contributed by atoms with Gasteiger partial charge in [0.25, 0.3) is 0 Å². The number of benzene rings is 3. The fourth-order valence-electron chi connectivity index (χ4n) is 4.09. The molecule has 1 aromatic heterocycles. The maximum absolute atomic E-state index is 12.1. The summed E-state index contributed by atoms with van der Waals surface area (Å²) >= 11 is 0. The van der Waals surface area contributed by atoms with E-state index in [2.05, 4.69) is 58.5 Å². The molecule has 0 spiro atoms. The Labute approximate surface area is 195 Å². The van der Waals surface area contributed by atoms with E-state index in [1.807, 2.05) is 33.7 Å². The van der Waals surface area contributed by atoms with Gasteiger partial charge in [-0.05, 0) is 74.2 Å². The van der Waals surface area contributed by atoms with Crippen molar-refractivity contribution in [2.45, 2.75) is 32.6 Å². The van der Waals surface area contributed by atoms with Crippen molar-refractivity contribution < 1.29 is 17.7 Å². The van der Waals surface area contributed by atoms with Gasteiger partial charge in [-0.1, -0.05) is 43.0 Å². The number of nitrogens with zero attached hydrogens (tertiary/aromatic N) is 2. The molecule has 0 atom stereocenters. The van der Waals surface area contributed by atoms with Crippen LogP contribution in [-0.4, -0.2) is 13.0 Å². The zero-order chi connectivity index (χ0) is 23.8. The maximum atomic E-state index is 12.1. The fourth-order valence-corrected chi connectivity index (χ4v) is 4.79. The molecule has 4 aromatic rings. The third-order valence-electron chi connectivity index (χ3n) is 5.72. The molecule has 0 radical (unpaired) electrons. The van der Waals surface area contributed by atoms with Crippen molar-refractivity contribution in [2.75, 3.05) is 0 Å². The zero-order valence-corrected chi connectivity index (χ0v) is 20.1. The van der Waals surface area contributed by atoms with E-state index in [9.17, 15) is 8.42 Å². The lowest BCUT2D eigenvalue weighted by atomic mass is 10.1. The van der Waals surface area contributed by atoms with Crippen LogP contribution >= 0.6 is 0 Å². The Morgan fingerprint density at radius 1 is 0.848 bits per heavy atom. The highest BCUT2D eigenvalue weighted by atomic mass is 32.2. The molecular weight excluding hydrogens is 432 g/mol. The molecule has 3 aromatic carbocycles. The van der Waals surface area contributed by atoms with Crippen molar-refractivity contribution >= 4 is 9.84 Å². The second kappa shape index (κ2) is 8.71. The third-order valence-corrected chi connectivity index (χ3v) is 7.09. The van der Waals surface area contributed by atoms with Crippen molar-refractivity contribution in [3.05, 3.63) is 107 Å². The van der Waals surface area contributed by atoms with Crippen LogP contribution in [0.3, 0.4) is 0 Å². The topological polar surface area (TPSA) is 52.2 Å². The van der Waals surface area contributed by atoms with E-state index < -0.39 is 9.84 Å². The maximum Gasteiger partial charge on any atom is 0.472 e. The number of sulfone groups is 1. The van der Waals surface area contributed by atoms with E-state index in [4.69, 9.17) is 4.74 Å². The highest BCUT2D eigenvalue weighted by Gasteiger charge is 2.27. The van der Waals surface area contributed by atoms with Crippen LogP contribution in [0.25, 0.3) is 11.4 Å². The largest absolute Gasteiger partial charge is 0.472 e. The normalized spacial score (nSPS) is 11.4. The van der Waals surface area contributed by atoms with Crippen LogP contribution in [0.1, 0.15) is 22.3 Å². The van der Waals surface area contributed by atoms with Gasteiger partial charge in [0.1, 0.15) is 29.5 Å². The van der Waals surface area contributed by atoms with Gasteiger partial charge in [0.15, 0.2) is 9.84 Å². The van der Waals surface area contributed by atoms with Crippen LogP contribution in [0, 0.1) is 27.7 Å². The number of ether oxygens (including phenoxy) is 1. The monoisotopic (exact) mass is 459 g/mol. The van der Waals surface area contributed by atoms with Gasteiger partial charge in [-0.2, -0.15) is 9.13 Å². The van der Waals surface area contributed by atoms with Crippen molar-refractivity contribution in [2.24, 2.45) is 0 Å². The molecule has 168 valence electrons. The molecule has 4 rings (SSSR count). The molecule has 0 saturated heterocycles. The molecule has 0 aliphatic rings. The minimum atomic E-state index is -3.50. The second-order valence-corrected chi connectivity index (χ2v) is 9.98. The number of hydrogen-bond acceptors (Lipinski definition) is 3. The van der Waals surface area contributed by atoms with Crippen molar-refractivity contribution in [3.8, 4) is 23.1 Å². The van der Waals surface area contributed by atoms with Gasteiger partial charge in [-0.15, -0.1) is 0 Å². The summed E-state index contributed by atoms with van der Waals surface area (Å²) in [5.41, 5.74) is 6.58. The molecule has 0 unspecified atom stereocenters. The number of rotatable bonds is 6. The Bertz CT molecular complexity index is 1340. The summed E-state index contributed by atoms with van der Waals surface area (Å²) in [4.78, 5) is 0.178. The quantitative estimate of drug-likeness (QED) is 0.348. The van der Waals surface area contributed by atoms with Gasteiger partial charge in [-0.25, -0.2) is 8.42 Å². The molecule has 0 aliphatic carbocycles. The van der Waals surface area contributed by atoms with Gasteiger partial charge in [0.2, 0.25) is 0 Å². The second-order valence-electron chi connectivity index (χ2n) is 8.09. The van der Waals surface area contributed by atoms with E-state index in [0.717, 1.165) is 39.0 Å². The molecule has 0 aliphatic heterocycles. The molecular formula is C27H27N2O3S+. The summed E-state index contributed by atoms with van der Waals surface area (Å²) < 4.78 is 34.7. The molecule has 1 heterocycles. The van der Waals surface area contributed by atoms with Gasteiger partial charge in [0, 0.05) is 5.41 Å². The first-order valence-corrected chi connectivity index (χ1v) is 12.2. The van der Waals surface area contributed by atoms with E-state index in [0.29, 0.717) is 11.8 Å². The van der Waals surface area contributed by atoms with Gasteiger partial charge in [-0.3, -0.25) is 0 Å². The number of aryl methyl sites for hydroxylation is 4. The fraction of sp³-hybridized carbons (Fsp3) is 0.148. The summed E-state index contributed by atoms with van der Waals surface area (Å²) in [6.07, 6.45) is 3.99. The average molecular weight is 460 g/mol. The highest BCUT2D eigenvalue weighted by Crippen LogP contribution is 2.29. The Morgan fingerprint density at radius 2 is 1.39 bits per heavy atom. The summed E-state index contributed by atoms with van der Waals surface area (Å²) in [7, 11) is -3.50. The highest BCUT2D eigenvalue weighted by molar-refractivity contribution is 7.94. The molecule has 0 bridgehead atoms. The van der Waals surface area contributed by atoms with Gasteiger partial charge < -0.3 is 4.74 Å². The van der Waals surface area contributed by atoms with Crippen molar-refractivity contribution in [1.29, 1.82) is 0 Å². The van der Waals surface area contributed by atoms with Crippen LogP contribution in [0.15, 0.2) is 89.9 Å². The predicted octanol–water partition coefficient (Wildman–Crippen LogP) is 5.70. The van der Waals surface area contributed by atoms with Gasteiger partial charge in [0.05, 0.1) is 4.90 Å². The predicted molar refractivity (Wildman–Crippen MR) is 130 cm³/mol. The molecule has 6 heteroatoms. The average Bonchev–Trinajstić information content (AvgIpc) is 3.16. The molecule has 5 nitrogen and oxygen atoms in total. The lowest BCUT2D eigenvalue weighted by molar-refractivity contribution is -0.601. The Hall–Kier alpha value is -3.64. The first-order valence-electron chi connectivity index (χ1n) is 10.6. The van der Waals surface area contributed by atoms with Crippen molar-refractivity contribution in [3.63, 3.8) is 0 Å². The van der Waals surface area contributed by atoms with E-state index >= 15 is 0 Å². The smallest absolute Gasteiger partial charge is 0.391 e. The van der Waals surface area contributed by atoms with Crippen molar-refractivity contribution in [1.82, 2.24) is 4.57 Å². The summed E-state index contributed by atoms with van der Waals surface area (Å²) in [5.74, 6) is 0.532. The number of hydrogen-bond donors (Lipinski definition) is 0. The van der Waals surface area contributed by atoms with E-state index in [1.54, 1.807) is 12.1 Å². The Morgan fingerprint density at radius 3 is 1.94 bits per heavy atom. The van der Waals surface area contributed by atoms with Crippen LogP contribution in [0.5, 0.6) is 11.8 Å². The van der Waals surface area contributed by atoms with Crippen LogP contribution in [-0.2, 0) is 9.84 Å². The van der Waals surface area contributed by atoms with E-state index in [1.165, 1.54) is 12.1 Å². The zero-order valence-electron chi connectivity index (χ0n) is 19.2. The number of imidazole rings is 1. The van der Waals surface area contributed by atoms with E-state index in [-0.39, 0.29) is 4.90 Å². The molecule has 0 saturated carbocycles. The molecule has 0 fully saturated rings. The number of para-hydroxylation sites is 2. The lowest BCUT2D eigenvalue weighted by Gasteiger charge is -2.12. The molecule has 33 heavy (non-hydrogen) atoms. The standard InChI is InChI=1S/C27H27N2O3S/c1-6-33(30,31)24-15-13-23(14-16-24)32-27-28(25-19(2)9-7-10-20(25)3)17-18-29(27)26-21(4)11-8-12-22(26)5/h6-18H,1H2,2-5H3/q+1. The SMILES string of the molecule is C=CS(=O)(=O)c1ccc(Oc2n(-c3c(C)cccc3C)cc[n+]2-c2c(C)cccc2C)cc1. The first kappa shape index (κ1) is 22.6. The molecule has 0 N–H and O–H groups in total. The summed E-state index contributed by atoms with van der Waals surface area (Å²) in [5, 5.41) is 0.948. The Balaban J connectivity index is 1.90. The van der Waals surface area contributed by atoms with Crippen LogP contribution < -0.4 is 9.30 Å². The minimum absolute atomic E-state index is 0.178. The number of aromatic nitrogens is 2. The first-order chi connectivity index (χ1) is 15.7. The third kappa shape index (κ3) is 4.22. The lowest BCUT2D eigenvalue weighted by Crippen LogP contribution is -2.33. The minimum Gasteiger partial charge on any atom is -0.391 e. The summed E-state index contributed by atoms with van der Waals surface area (Å²) in [6, 6.07) is 19.4. The summed E-state index contributed by atoms with van der Waals surface area (Å²) in [6.45, 7) is 11.7. The Kier molecular flexibility index (Phi) is 5.95. The van der Waals surface area contributed by atoms with Crippen LogP contribution in [0.4, 0.5) is 0 Å². The van der Waals surface area contributed by atoms with Gasteiger partial charge >= 0.3 is 6.01 Å².